The average molecular weight is 418 g/mol. The lowest BCUT2D eigenvalue weighted by atomic mass is 10.1. The van der Waals surface area contributed by atoms with E-state index in [2.05, 4.69) is 51.2 Å². The highest BCUT2D eigenvalue weighted by atomic mass is 16.2. The highest BCUT2D eigenvalue weighted by Crippen LogP contribution is 2.29. The first-order valence-corrected chi connectivity index (χ1v) is 10.9. The van der Waals surface area contributed by atoms with Crippen LogP contribution in [0.3, 0.4) is 0 Å². The second-order valence-electron chi connectivity index (χ2n) is 8.36. The number of aromatic nitrogens is 1. The van der Waals surface area contributed by atoms with Crippen LogP contribution in [0, 0.1) is 0 Å². The van der Waals surface area contributed by atoms with E-state index in [1.54, 1.807) is 0 Å². The molecule has 2 amide bonds. The summed E-state index contributed by atoms with van der Waals surface area (Å²) in [5.41, 5.74) is 10.8. The molecule has 7 nitrogen and oxygen atoms in total. The minimum Gasteiger partial charge on any atom is -0.369 e. The number of benzene rings is 2. The number of nitrogens with zero attached hydrogens (tertiary/aromatic N) is 3. The number of hydrogen-bond acceptors (Lipinski definition) is 4. The Morgan fingerprint density at radius 1 is 0.968 bits per heavy atom. The fourth-order valence-corrected chi connectivity index (χ4v) is 4.71. The van der Waals surface area contributed by atoms with Crippen LogP contribution in [-0.2, 0) is 22.4 Å². The summed E-state index contributed by atoms with van der Waals surface area (Å²) in [7, 11) is 0. The van der Waals surface area contributed by atoms with E-state index in [0.29, 0.717) is 6.54 Å². The molecular formula is C24H27N5O2. The van der Waals surface area contributed by atoms with E-state index in [-0.39, 0.29) is 0 Å². The Kier molecular flexibility index (Phi) is 5.11. The molecule has 0 aliphatic carbocycles. The minimum absolute atomic E-state index is 0.525. The number of H-pyrrole nitrogens is 1. The van der Waals surface area contributed by atoms with Gasteiger partial charge in [-0.3, -0.25) is 14.5 Å². The predicted octanol–water partition coefficient (Wildman–Crippen LogP) is 1.91. The van der Waals surface area contributed by atoms with Gasteiger partial charge in [-0.25, -0.2) is 0 Å². The molecule has 0 unspecified atom stereocenters. The molecule has 1 fully saturated rings. The summed E-state index contributed by atoms with van der Waals surface area (Å²) in [6.45, 7) is 5.72. The number of aromatic amines is 1. The maximum absolute atomic E-state index is 11.9. The summed E-state index contributed by atoms with van der Waals surface area (Å²) in [6.07, 6.45) is 3.73. The van der Waals surface area contributed by atoms with Crippen LogP contribution in [-0.4, -0.2) is 61.0 Å². The van der Waals surface area contributed by atoms with Crippen molar-refractivity contribution in [3.05, 3.63) is 59.8 Å². The van der Waals surface area contributed by atoms with Crippen LogP contribution >= 0.6 is 0 Å². The van der Waals surface area contributed by atoms with Crippen LogP contribution in [0.2, 0.25) is 0 Å². The van der Waals surface area contributed by atoms with E-state index in [4.69, 9.17) is 5.73 Å². The Morgan fingerprint density at radius 3 is 2.61 bits per heavy atom. The lowest BCUT2D eigenvalue weighted by Gasteiger charge is -2.36. The van der Waals surface area contributed by atoms with Crippen LogP contribution in [0.5, 0.6) is 0 Å². The molecule has 0 atom stereocenters. The molecule has 5 rings (SSSR count). The van der Waals surface area contributed by atoms with Crippen molar-refractivity contribution in [2.45, 2.75) is 12.8 Å². The van der Waals surface area contributed by atoms with E-state index in [9.17, 15) is 9.59 Å². The molecule has 0 spiro atoms. The summed E-state index contributed by atoms with van der Waals surface area (Å²) in [4.78, 5) is 32.9. The summed E-state index contributed by atoms with van der Waals surface area (Å²) in [6, 6.07) is 14.9. The van der Waals surface area contributed by atoms with Gasteiger partial charge in [0.25, 0.3) is 0 Å². The lowest BCUT2D eigenvalue weighted by Crippen LogP contribution is -2.47. The molecule has 31 heavy (non-hydrogen) atoms. The van der Waals surface area contributed by atoms with Gasteiger partial charge in [-0.05, 0) is 54.3 Å². The van der Waals surface area contributed by atoms with Crippen molar-refractivity contribution in [3.8, 4) is 0 Å². The van der Waals surface area contributed by atoms with Crippen molar-refractivity contribution in [3.63, 3.8) is 0 Å². The number of primary amides is 1. The Morgan fingerprint density at radius 2 is 1.81 bits per heavy atom. The van der Waals surface area contributed by atoms with E-state index in [1.165, 1.54) is 27.1 Å². The number of carbonyl (C=O) groups is 2. The number of fused-ring (bicyclic) bond motifs is 2. The average Bonchev–Trinajstić information content (AvgIpc) is 3.43. The third kappa shape index (κ3) is 3.88. The molecule has 3 heterocycles. The molecule has 2 aliphatic heterocycles. The molecular weight excluding hydrogens is 390 g/mol. The summed E-state index contributed by atoms with van der Waals surface area (Å²) < 4.78 is 0. The van der Waals surface area contributed by atoms with E-state index in [0.717, 1.165) is 56.8 Å². The van der Waals surface area contributed by atoms with Crippen LogP contribution < -0.4 is 15.5 Å². The van der Waals surface area contributed by atoms with Crippen molar-refractivity contribution in [2.24, 2.45) is 5.73 Å². The number of hydrogen-bond donors (Lipinski definition) is 2. The number of nitrogens with one attached hydrogen (secondary N) is 1. The molecule has 3 N–H and O–H groups in total. The number of anilines is 2. The van der Waals surface area contributed by atoms with Crippen LogP contribution in [0.15, 0.2) is 48.7 Å². The SMILES string of the molecule is NC(=O)C(=O)N1CCc2cc(CCN3CCN(c4ccc5[nH]ccc5c4)CC3)ccc21. The Labute approximate surface area is 181 Å². The molecule has 1 saturated heterocycles. The smallest absolute Gasteiger partial charge is 0.316 e. The Hall–Kier alpha value is -3.32. The molecule has 2 aromatic carbocycles. The number of nitrogens with two attached hydrogens (primary N) is 1. The fraction of sp³-hybridized carbons (Fsp3) is 0.333. The minimum atomic E-state index is -0.899. The van der Waals surface area contributed by atoms with Gasteiger partial charge >= 0.3 is 11.8 Å². The number of amides is 2. The standard InChI is InChI=1S/C24H27N5O2/c25-23(30)24(31)29-10-7-19-15-17(1-4-22(19)29)6-9-27-11-13-28(14-12-27)20-2-3-21-18(16-20)5-8-26-21/h1-5,8,15-16,26H,6-7,9-14H2,(H2,25,30). The molecule has 0 radical (unpaired) electrons. The number of rotatable bonds is 4. The fourth-order valence-electron chi connectivity index (χ4n) is 4.71. The molecule has 0 bridgehead atoms. The van der Waals surface area contributed by atoms with Crippen molar-refractivity contribution in [2.75, 3.05) is 49.1 Å². The van der Waals surface area contributed by atoms with Gasteiger partial charge in [-0.1, -0.05) is 12.1 Å². The number of carbonyl (C=O) groups excluding carboxylic acids is 2. The number of piperazine rings is 1. The van der Waals surface area contributed by atoms with Gasteiger partial charge in [0.15, 0.2) is 0 Å². The van der Waals surface area contributed by atoms with Gasteiger partial charge in [0.2, 0.25) is 0 Å². The van der Waals surface area contributed by atoms with Crippen LogP contribution in [0.4, 0.5) is 11.4 Å². The zero-order chi connectivity index (χ0) is 21.4. The highest BCUT2D eigenvalue weighted by Gasteiger charge is 2.27. The summed E-state index contributed by atoms with van der Waals surface area (Å²) in [5.74, 6) is -1.52. The monoisotopic (exact) mass is 417 g/mol. The first-order chi connectivity index (χ1) is 15.1. The second-order valence-corrected chi connectivity index (χ2v) is 8.36. The third-order valence-electron chi connectivity index (χ3n) is 6.49. The van der Waals surface area contributed by atoms with Crippen molar-refractivity contribution < 1.29 is 9.59 Å². The molecule has 7 heteroatoms. The topological polar surface area (TPSA) is 85.7 Å². The lowest BCUT2D eigenvalue weighted by molar-refractivity contribution is -0.135. The quantitative estimate of drug-likeness (QED) is 0.635. The van der Waals surface area contributed by atoms with Gasteiger partial charge in [0.05, 0.1) is 0 Å². The van der Waals surface area contributed by atoms with Gasteiger partial charge in [0.1, 0.15) is 0 Å². The normalized spacial score (nSPS) is 16.6. The van der Waals surface area contributed by atoms with Gasteiger partial charge in [-0.15, -0.1) is 0 Å². The predicted molar refractivity (Wildman–Crippen MR) is 122 cm³/mol. The molecule has 3 aromatic rings. The second kappa shape index (κ2) is 8.07. The van der Waals surface area contributed by atoms with Crippen molar-refractivity contribution in [1.29, 1.82) is 0 Å². The third-order valence-corrected chi connectivity index (χ3v) is 6.49. The van der Waals surface area contributed by atoms with Gasteiger partial charge in [-0.2, -0.15) is 0 Å². The maximum atomic E-state index is 11.9. The maximum Gasteiger partial charge on any atom is 0.316 e. The van der Waals surface area contributed by atoms with Crippen LogP contribution in [0.25, 0.3) is 10.9 Å². The molecule has 160 valence electrons. The largest absolute Gasteiger partial charge is 0.369 e. The van der Waals surface area contributed by atoms with Gasteiger partial charge < -0.3 is 20.5 Å². The van der Waals surface area contributed by atoms with Crippen molar-refractivity contribution >= 4 is 34.1 Å². The first kappa shape index (κ1) is 19.6. The Balaban J connectivity index is 1.16. The molecule has 0 saturated carbocycles. The molecule has 1 aromatic heterocycles. The molecule has 2 aliphatic rings. The van der Waals surface area contributed by atoms with Crippen molar-refractivity contribution in [1.82, 2.24) is 9.88 Å². The van der Waals surface area contributed by atoms with Gasteiger partial charge in [0, 0.05) is 67.7 Å². The zero-order valence-electron chi connectivity index (χ0n) is 17.5. The van der Waals surface area contributed by atoms with E-state index >= 15 is 0 Å². The van der Waals surface area contributed by atoms with E-state index in [1.807, 2.05) is 12.3 Å². The first-order valence-electron chi connectivity index (χ1n) is 10.9. The van der Waals surface area contributed by atoms with E-state index < -0.39 is 11.8 Å². The Bertz CT molecular complexity index is 1130. The van der Waals surface area contributed by atoms with Crippen LogP contribution in [0.1, 0.15) is 11.1 Å². The summed E-state index contributed by atoms with van der Waals surface area (Å²) in [5, 5.41) is 1.26. The zero-order valence-corrected chi connectivity index (χ0v) is 17.5. The summed E-state index contributed by atoms with van der Waals surface area (Å²) >= 11 is 0. The highest BCUT2D eigenvalue weighted by molar-refractivity contribution is 6.40.